The predicted octanol–water partition coefficient (Wildman–Crippen LogP) is 2.24. The van der Waals surface area contributed by atoms with Gasteiger partial charge in [0.1, 0.15) is 12.7 Å². The number of benzene rings is 1. The number of carbonyl (C=O) groups is 1. The Morgan fingerprint density at radius 2 is 2.04 bits per heavy atom. The van der Waals surface area contributed by atoms with Gasteiger partial charge >= 0.3 is 0 Å². The smallest absolute Gasteiger partial charge is 0.252 e. The molecule has 3 N–H and O–H groups in total. The van der Waals surface area contributed by atoms with Crippen LogP contribution in [0.1, 0.15) is 42.6 Å². The van der Waals surface area contributed by atoms with Crippen molar-refractivity contribution in [3.05, 3.63) is 42.0 Å². The van der Waals surface area contributed by atoms with Gasteiger partial charge in [0.15, 0.2) is 0 Å². The van der Waals surface area contributed by atoms with E-state index < -0.39 is 0 Å². The van der Waals surface area contributed by atoms with Crippen LogP contribution < -0.4 is 11.1 Å². The Kier molecular flexibility index (Phi) is 6.72. The molecule has 7 heteroatoms. The van der Waals surface area contributed by atoms with E-state index in [4.69, 9.17) is 5.73 Å². The first kappa shape index (κ1) is 19.1. The number of aromatic nitrogens is 3. The summed E-state index contributed by atoms with van der Waals surface area (Å²) in [6.07, 6.45) is 4.72. The van der Waals surface area contributed by atoms with Gasteiger partial charge in [0.05, 0.1) is 11.2 Å². The van der Waals surface area contributed by atoms with Gasteiger partial charge < -0.3 is 11.1 Å². The number of rotatable bonds is 6. The highest BCUT2D eigenvalue weighted by molar-refractivity contribution is 5.96. The average Bonchev–Trinajstić information content (AvgIpc) is 3.07. The standard InChI is InChI=1S/C16H23N5O.ClH/c1-4-16(5-2,9-17)20-15(22)14-7-6-13(8-12(14)3)21-11-18-10-19-21;/h6-8,10-11H,4-5,9,17H2,1-3H3,(H,20,22);1H. The molecule has 1 amide bonds. The van der Waals surface area contributed by atoms with E-state index in [9.17, 15) is 4.79 Å². The zero-order valence-corrected chi connectivity index (χ0v) is 14.6. The lowest BCUT2D eigenvalue weighted by Gasteiger charge is -2.31. The van der Waals surface area contributed by atoms with E-state index >= 15 is 0 Å². The molecule has 0 unspecified atom stereocenters. The van der Waals surface area contributed by atoms with Gasteiger partial charge in [0.25, 0.3) is 5.91 Å². The van der Waals surface area contributed by atoms with E-state index in [-0.39, 0.29) is 23.9 Å². The summed E-state index contributed by atoms with van der Waals surface area (Å²) in [6.45, 7) is 6.42. The molecule has 23 heavy (non-hydrogen) atoms. The lowest BCUT2D eigenvalue weighted by Crippen LogP contribution is -2.53. The Morgan fingerprint density at radius 1 is 1.35 bits per heavy atom. The summed E-state index contributed by atoms with van der Waals surface area (Å²) < 4.78 is 1.66. The highest BCUT2D eigenvalue weighted by Crippen LogP contribution is 2.18. The Balaban J connectivity index is 0.00000264. The van der Waals surface area contributed by atoms with Gasteiger partial charge in [0, 0.05) is 12.1 Å². The van der Waals surface area contributed by atoms with Crippen molar-refractivity contribution in [1.29, 1.82) is 0 Å². The molecule has 0 bridgehead atoms. The number of amides is 1. The summed E-state index contributed by atoms with van der Waals surface area (Å²) in [6, 6.07) is 5.60. The first-order valence-corrected chi connectivity index (χ1v) is 7.53. The topological polar surface area (TPSA) is 85.8 Å². The van der Waals surface area contributed by atoms with Crippen molar-refractivity contribution in [3.8, 4) is 5.69 Å². The molecule has 0 aliphatic heterocycles. The van der Waals surface area contributed by atoms with Crippen molar-refractivity contribution < 1.29 is 4.79 Å². The normalized spacial score (nSPS) is 11.0. The maximum atomic E-state index is 12.6. The van der Waals surface area contributed by atoms with Gasteiger partial charge in [-0.15, -0.1) is 12.4 Å². The molecule has 0 spiro atoms. The summed E-state index contributed by atoms with van der Waals surface area (Å²) in [7, 11) is 0. The highest BCUT2D eigenvalue weighted by Gasteiger charge is 2.27. The SMILES string of the molecule is CCC(CC)(CN)NC(=O)c1ccc(-n2cncn2)cc1C.Cl. The Bertz CT molecular complexity index is 630. The summed E-state index contributed by atoms with van der Waals surface area (Å²) in [5.41, 5.74) is 7.93. The third-order valence-corrected chi connectivity index (χ3v) is 4.26. The molecule has 0 saturated carbocycles. The number of nitrogens with one attached hydrogen (secondary N) is 1. The van der Waals surface area contributed by atoms with Crippen molar-refractivity contribution in [2.24, 2.45) is 5.73 Å². The van der Waals surface area contributed by atoms with Crippen molar-refractivity contribution in [2.45, 2.75) is 39.2 Å². The van der Waals surface area contributed by atoms with Crippen LogP contribution in [0.2, 0.25) is 0 Å². The van der Waals surface area contributed by atoms with Crippen molar-refractivity contribution in [1.82, 2.24) is 20.1 Å². The fourth-order valence-corrected chi connectivity index (χ4v) is 2.46. The molecule has 0 saturated heterocycles. The largest absolute Gasteiger partial charge is 0.345 e. The van der Waals surface area contributed by atoms with E-state index in [1.54, 1.807) is 11.0 Å². The first-order chi connectivity index (χ1) is 10.5. The second kappa shape index (κ2) is 8.08. The van der Waals surface area contributed by atoms with Crippen molar-refractivity contribution in [2.75, 3.05) is 6.54 Å². The number of aryl methyl sites for hydroxylation is 1. The summed E-state index contributed by atoms with van der Waals surface area (Å²) in [5, 5.41) is 7.18. The highest BCUT2D eigenvalue weighted by atomic mass is 35.5. The van der Waals surface area contributed by atoms with Crippen LogP contribution in [0.15, 0.2) is 30.9 Å². The minimum absolute atomic E-state index is 0. The Morgan fingerprint density at radius 3 is 2.52 bits per heavy atom. The summed E-state index contributed by atoms with van der Waals surface area (Å²) in [5.74, 6) is -0.0863. The molecule has 6 nitrogen and oxygen atoms in total. The molecule has 0 radical (unpaired) electrons. The van der Waals surface area contributed by atoms with E-state index in [0.29, 0.717) is 12.1 Å². The number of hydrogen-bond donors (Lipinski definition) is 2. The number of halogens is 1. The van der Waals surface area contributed by atoms with E-state index in [1.165, 1.54) is 6.33 Å². The summed E-state index contributed by atoms with van der Waals surface area (Å²) in [4.78, 5) is 16.5. The molecule has 1 aromatic carbocycles. The summed E-state index contributed by atoms with van der Waals surface area (Å²) >= 11 is 0. The number of nitrogens with zero attached hydrogens (tertiary/aromatic N) is 3. The van der Waals surface area contributed by atoms with Gasteiger partial charge in [-0.3, -0.25) is 4.79 Å². The maximum absolute atomic E-state index is 12.6. The number of hydrogen-bond acceptors (Lipinski definition) is 4. The predicted molar refractivity (Wildman–Crippen MR) is 93.2 cm³/mol. The van der Waals surface area contributed by atoms with E-state index in [2.05, 4.69) is 15.4 Å². The van der Waals surface area contributed by atoms with Crippen LogP contribution in [-0.2, 0) is 0 Å². The van der Waals surface area contributed by atoms with Crippen LogP contribution in [0.25, 0.3) is 5.69 Å². The van der Waals surface area contributed by atoms with Crippen LogP contribution >= 0.6 is 12.4 Å². The third kappa shape index (κ3) is 4.09. The molecule has 126 valence electrons. The molecule has 2 rings (SSSR count). The molecule has 1 aromatic heterocycles. The number of nitrogens with two attached hydrogens (primary N) is 1. The molecule has 0 aliphatic rings. The lowest BCUT2D eigenvalue weighted by molar-refractivity contribution is 0.0894. The van der Waals surface area contributed by atoms with Crippen LogP contribution in [-0.4, -0.2) is 32.8 Å². The van der Waals surface area contributed by atoms with Crippen LogP contribution in [0, 0.1) is 6.92 Å². The van der Waals surface area contributed by atoms with Gasteiger partial charge in [0.2, 0.25) is 0 Å². The lowest BCUT2D eigenvalue weighted by atomic mass is 9.92. The van der Waals surface area contributed by atoms with Gasteiger partial charge in [-0.2, -0.15) is 5.10 Å². The van der Waals surface area contributed by atoms with Gasteiger partial charge in [-0.05, 0) is 43.5 Å². The van der Waals surface area contributed by atoms with E-state index in [1.807, 2.05) is 39.0 Å². The molecule has 0 aliphatic carbocycles. The zero-order valence-electron chi connectivity index (χ0n) is 13.7. The molecule has 0 atom stereocenters. The van der Waals surface area contributed by atoms with Gasteiger partial charge in [-0.25, -0.2) is 9.67 Å². The Hall–Kier alpha value is -1.92. The molecule has 1 heterocycles. The molecular formula is C16H24ClN5O. The Labute approximate surface area is 142 Å². The monoisotopic (exact) mass is 337 g/mol. The zero-order chi connectivity index (χ0) is 16.2. The van der Waals surface area contributed by atoms with Gasteiger partial charge in [-0.1, -0.05) is 13.8 Å². The minimum Gasteiger partial charge on any atom is -0.345 e. The average molecular weight is 338 g/mol. The molecular weight excluding hydrogens is 314 g/mol. The van der Waals surface area contributed by atoms with Crippen LogP contribution in [0.3, 0.4) is 0 Å². The number of carbonyl (C=O) groups excluding carboxylic acids is 1. The fraction of sp³-hybridized carbons (Fsp3) is 0.438. The van der Waals surface area contributed by atoms with Crippen molar-refractivity contribution >= 4 is 18.3 Å². The second-order valence-corrected chi connectivity index (χ2v) is 5.48. The molecule has 2 aromatic rings. The molecule has 0 fully saturated rings. The fourth-order valence-electron chi connectivity index (χ4n) is 2.46. The van der Waals surface area contributed by atoms with Crippen LogP contribution in [0.4, 0.5) is 0 Å². The third-order valence-electron chi connectivity index (χ3n) is 4.26. The maximum Gasteiger partial charge on any atom is 0.252 e. The first-order valence-electron chi connectivity index (χ1n) is 7.53. The van der Waals surface area contributed by atoms with Crippen LogP contribution in [0.5, 0.6) is 0 Å². The quantitative estimate of drug-likeness (QED) is 0.846. The van der Waals surface area contributed by atoms with Crippen molar-refractivity contribution in [3.63, 3.8) is 0 Å². The minimum atomic E-state index is -0.339. The van der Waals surface area contributed by atoms with E-state index in [0.717, 1.165) is 24.1 Å². The second-order valence-electron chi connectivity index (χ2n) is 5.48.